The lowest BCUT2D eigenvalue weighted by molar-refractivity contribution is -0.192. The molecule has 0 bridgehead atoms. The van der Waals surface area contributed by atoms with Gasteiger partial charge in [0.2, 0.25) is 0 Å². The molecule has 0 unspecified atom stereocenters. The summed E-state index contributed by atoms with van der Waals surface area (Å²) >= 11 is 0. The number of fused-ring (bicyclic) bond motifs is 1. The van der Waals surface area contributed by atoms with Crippen molar-refractivity contribution in [2.45, 2.75) is 24.9 Å². The third-order valence-electron chi connectivity index (χ3n) is 5.73. The fraction of sp³-hybridized carbons (Fsp3) is 0.240. The normalized spacial score (nSPS) is 14.1. The summed E-state index contributed by atoms with van der Waals surface area (Å²) in [5, 5.41) is 15.2. The number of carboxylic acids is 1. The van der Waals surface area contributed by atoms with Crippen LogP contribution in [0.4, 0.5) is 24.5 Å². The molecule has 0 spiro atoms. The quantitative estimate of drug-likeness (QED) is 0.413. The van der Waals surface area contributed by atoms with Crippen molar-refractivity contribution in [1.82, 2.24) is 24.5 Å². The number of anilines is 2. The lowest BCUT2D eigenvalue weighted by Crippen LogP contribution is -2.38. The number of carboxylic acid groups (broad SMARTS) is 1. The molecule has 1 saturated heterocycles. The second-order valence-electron chi connectivity index (χ2n) is 8.29. The van der Waals surface area contributed by atoms with Gasteiger partial charge in [0.15, 0.2) is 11.5 Å². The molecule has 2 N–H and O–H groups in total. The van der Waals surface area contributed by atoms with Crippen LogP contribution in [-0.4, -0.2) is 60.7 Å². The Bertz CT molecular complexity index is 1350. The van der Waals surface area contributed by atoms with Gasteiger partial charge in [0, 0.05) is 42.7 Å². The minimum atomic E-state index is -5.08. The predicted molar refractivity (Wildman–Crippen MR) is 129 cm³/mol. The highest BCUT2D eigenvalue weighted by molar-refractivity contribution is 5.94. The van der Waals surface area contributed by atoms with Crippen LogP contribution in [0.5, 0.6) is 0 Å². The van der Waals surface area contributed by atoms with E-state index in [1.165, 1.54) is 0 Å². The molecule has 4 aromatic rings. The number of rotatable bonds is 4. The number of hydrogen-bond acceptors (Lipinski definition) is 6. The van der Waals surface area contributed by atoms with E-state index in [4.69, 9.17) is 20.0 Å². The number of carbonyl (C=O) groups excluding carboxylic acids is 1. The highest BCUT2D eigenvalue weighted by Gasteiger charge is 2.38. The number of benzene rings is 1. The molecule has 5 rings (SSSR count). The second kappa shape index (κ2) is 11.1. The van der Waals surface area contributed by atoms with E-state index in [2.05, 4.69) is 10.3 Å². The van der Waals surface area contributed by atoms with E-state index >= 15 is 0 Å². The molecule has 1 fully saturated rings. The van der Waals surface area contributed by atoms with Crippen molar-refractivity contribution in [1.29, 1.82) is 0 Å². The van der Waals surface area contributed by atoms with Gasteiger partial charge in [0.05, 0.1) is 11.9 Å². The van der Waals surface area contributed by atoms with Crippen LogP contribution in [0.2, 0.25) is 0 Å². The Hall–Kier alpha value is -4.48. The van der Waals surface area contributed by atoms with Crippen LogP contribution in [-0.2, 0) is 4.79 Å². The van der Waals surface area contributed by atoms with Crippen molar-refractivity contribution in [3.05, 3.63) is 84.6 Å². The fourth-order valence-corrected chi connectivity index (χ4v) is 3.85. The van der Waals surface area contributed by atoms with E-state index in [0.29, 0.717) is 18.7 Å². The summed E-state index contributed by atoms with van der Waals surface area (Å²) < 4.78 is 33.6. The Balaban J connectivity index is 0.000000405. The van der Waals surface area contributed by atoms with Crippen molar-refractivity contribution in [3.63, 3.8) is 0 Å². The van der Waals surface area contributed by atoms with Crippen LogP contribution in [0.25, 0.3) is 5.65 Å². The molecule has 192 valence electrons. The first-order valence-electron chi connectivity index (χ1n) is 11.4. The summed E-state index contributed by atoms with van der Waals surface area (Å²) in [4.78, 5) is 32.1. The summed E-state index contributed by atoms with van der Waals surface area (Å²) in [6.07, 6.45) is 1.91. The first kappa shape index (κ1) is 25.6. The van der Waals surface area contributed by atoms with Crippen LogP contribution in [0.1, 0.15) is 34.9 Å². The van der Waals surface area contributed by atoms with Crippen molar-refractivity contribution in [2.75, 3.05) is 18.4 Å². The molecule has 1 aromatic carbocycles. The molecule has 3 aromatic heterocycles. The molecule has 9 nitrogen and oxygen atoms in total. The Morgan fingerprint density at radius 2 is 1.59 bits per heavy atom. The zero-order valence-corrected chi connectivity index (χ0v) is 19.5. The van der Waals surface area contributed by atoms with Crippen molar-refractivity contribution in [3.8, 4) is 0 Å². The molecule has 12 heteroatoms. The average molecular weight is 512 g/mol. The Labute approximate surface area is 209 Å². The maximum Gasteiger partial charge on any atom is 0.490 e. The van der Waals surface area contributed by atoms with Gasteiger partial charge in [0.1, 0.15) is 0 Å². The maximum absolute atomic E-state index is 12.6. The first-order chi connectivity index (χ1) is 17.7. The zero-order chi connectivity index (χ0) is 26.4. The third kappa shape index (κ3) is 6.60. The molecular weight excluding hydrogens is 489 g/mol. The van der Waals surface area contributed by atoms with Gasteiger partial charge in [-0.05, 0) is 49.2 Å². The predicted octanol–water partition coefficient (Wildman–Crippen LogP) is 4.52. The highest BCUT2D eigenvalue weighted by atomic mass is 19.4. The van der Waals surface area contributed by atoms with Crippen molar-refractivity contribution < 1.29 is 27.9 Å². The van der Waals surface area contributed by atoms with Crippen LogP contribution < -0.4 is 5.32 Å². The highest BCUT2D eigenvalue weighted by Crippen LogP contribution is 2.27. The minimum Gasteiger partial charge on any atom is -0.475 e. The van der Waals surface area contributed by atoms with E-state index < -0.39 is 12.1 Å². The number of hydrogen-bond donors (Lipinski definition) is 2. The molecule has 1 aliphatic heterocycles. The third-order valence-corrected chi connectivity index (χ3v) is 5.73. The Kier molecular flexibility index (Phi) is 7.66. The molecule has 1 amide bonds. The van der Waals surface area contributed by atoms with E-state index in [1.807, 2.05) is 58.1 Å². The number of halogens is 3. The summed E-state index contributed by atoms with van der Waals surface area (Å²) in [7, 11) is 0. The molecule has 0 saturated carbocycles. The number of para-hydroxylation sites is 1. The van der Waals surface area contributed by atoms with Crippen molar-refractivity contribution in [2.24, 2.45) is 0 Å². The van der Waals surface area contributed by atoms with Gasteiger partial charge in [-0.25, -0.2) is 14.3 Å². The van der Waals surface area contributed by atoms with Crippen molar-refractivity contribution >= 4 is 28.9 Å². The van der Waals surface area contributed by atoms with Gasteiger partial charge in [0.25, 0.3) is 5.91 Å². The molecule has 0 radical (unpaired) electrons. The number of pyridine rings is 2. The van der Waals surface area contributed by atoms with E-state index in [-0.39, 0.29) is 11.8 Å². The first-order valence-corrected chi connectivity index (χ1v) is 11.4. The molecule has 0 atom stereocenters. The van der Waals surface area contributed by atoms with Crippen LogP contribution in [0.3, 0.4) is 0 Å². The lowest BCUT2D eigenvalue weighted by Gasteiger charge is -2.30. The van der Waals surface area contributed by atoms with Gasteiger partial charge in [-0.15, -0.1) is 0 Å². The number of likely N-dealkylation sites (tertiary alicyclic amines) is 1. The van der Waals surface area contributed by atoms with E-state index in [0.717, 1.165) is 35.7 Å². The topological polar surface area (TPSA) is 113 Å². The molecule has 1 aliphatic rings. The summed E-state index contributed by atoms with van der Waals surface area (Å²) in [5.74, 6) is -1.58. The standard InChI is InChI=1S/C23H22N6O.C2HF3O2/c30-23(18-8-12-24-13-9-18)28-14-10-17(11-15-28)22-26-21-7-6-20(16-29(21)27-22)25-19-4-2-1-3-5-19;3-2(4,5)1(6)7/h1-9,12-13,16-17,25H,10-11,14-15H2;(H,6,7). The van der Waals surface area contributed by atoms with Gasteiger partial charge in [-0.2, -0.15) is 18.3 Å². The maximum atomic E-state index is 12.6. The second-order valence-corrected chi connectivity index (χ2v) is 8.29. The number of aromatic nitrogens is 4. The van der Waals surface area contributed by atoms with Crippen LogP contribution in [0.15, 0.2) is 73.2 Å². The summed E-state index contributed by atoms with van der Waals surface area (Å²) in [6, 6.07) is 17.6. The lowest BCUT2D eigenvalue weighted by atomic mass is 9.96. The Morgan fingerprint density at radius 1 is 0.946 bits per heavy atom. The number of alkyl halides is 3. The van der Waals surface area contributed by atoms with Gasteiger partial charge in [-0.3, -0.25) is 9.78 Å². The molecule has 0 aliphatic carbocycles. The van der Waals surface area contributed by atoms with E-state index in [9.17, 15) is 18.0 Å². The zero-order valence-electron chi connectivity index (χ0n) is 19.5. The van der Waals surface area contributed by atoms with Crippen LogP contribution in [0, 0.1) is 0 Å². The average Bonchev–Trinajstić information content (AvgIpc) is 3.33. The summed E-state index contributed by atoms with van der Waals surface area (Å²) in [6.45, 7) is 1.42. The molecule has 4 heterocycles. The number of amides is 1. The monoisotopic (exact) mass is 512 g/mol. The SMILES string of the molecule is O=C(O)C(F)(F)F.O=C(c1ccncc1)N1CCC(c2nc3ccc(Nc4ccccc4)cn3n2)CC1. The largest absolute Gasteiger partial charge is 0.490 e. The fourth-order valence-electron chi connectivity index (χ4n) is 3.85. The number of aliphatic carboxylic acids is 1. The molecule has 37 heavy (non-hydrogen) atoms. The van der Waals surface area contributed by atoms with E-state index in [1.54, 1.807) is 24.5 Å². The molecular formula is C25H23F3N6O3. The van der Waals surface area contributed by atoms with Gasteiger partial charge < -0.3 is 15.3 Å². The minimum absolute atomic E-state index is 0.0652. The van der Waals surface area contributed by atoms with Gasteiger partial charge in [-0.1, -0.05) is 18.2 Å². The number of piperidine rings is 1. The van der Waals surface area contributed by atoms with Gasteiger partial charge >= 0.3 is 12.1 Å². The summed E-state index contributed by atoms with van der Waals surface area (Å²) in [5.41, 5.74) is 3.51. The number of carbonyl (C=O) groups is 2. The smallest absolute Gasteiger partial charge is 0.475 e. The van der Waals surface area contributed by atoms with Crippen LogP contribution >= 0.6 is 0 Å². The Morgan fingerprint density at radius 3 is 2.22 bits per heavy atom. The number of nitrogens with zero attached hydrogens (tertiary/aromatic N) is 5. The number of nitrogens with one attached hydrogen (secondary N) is 1.